The van der Waals surface area contributed by atoms with Crippen molar-refractivity contribution in [3.63, 3.8) is 0 Å². The monoisotopic (exact) mass is 247 g/mol. The first-order valence-corrected chi connectivity index (χ1v) is 7.10. The van der Waals surface area contributed by atoms with Crippen molar-refractivity contribution in [2.45, 2.75) is 52.1 Å². The predicted octanol–water partition coefficient (Wildman–Crippen LogP) is 3.44. The van der Waals surface area contributed by atoms with Gasteiger partial charge in [-0.2, -0.15) is 0 Å². The van der Waals surface area contributed by atoms with Gasteiger partial charge >= 0.3 is 0 Å². The first kappa shape index (κ1) is 13.4. The molecule has 0 bridgehead atoms. The van der Waals surface area contributed by atoms with Crippen LogP contribution in [0.4, 0.5) is 0 Å². The minimum atomic E-state index is 0.355. The molecule has 0 radical (unpaired) electrons. The van der Waals surface area contributed by atoms with Gasteiger partial charge in [-0.1, -0.05) is 19.1 Å². The lowest BCUT2D eigenvalue weighted by atomic mass is 10.0. The Hall–Kier alpha value is -1.02. The van der Waals surface area contributed by atoms with Gasteiger partial charge in [-0.15, -0.1) is 0 Å². The van der Waals surface area contributed by atoms with Crippen LogP contribution in [0.3, 0.4) is 0 Å². The Morgan fingerprint density at radius 2 is 1.94 bits per heavy atom. The average molecular weight is 247 g/mol. The number of phenols is 1. The van der Waals surface area contributed by atoms with E-state index in [1.807, 2.05) is 12.1 Å². The Morgan fingerprint density at radius 1 is 1.28 bits per heavy atom. The predicted molar refractivity (Wildman–Crippen MR) is 75.8 cm³/mol. The second-order valence-electron chi connectivity index (χ2n) is 5.94. The van der Waals surface area contributed by atoms with Crippen LogP contribution in [0.25, 0.3) is 0 Å². The molecular weight excluding hydrogens is 222 g/mol. The van der Waals surface area contributed by atoms with Gasteiger partial charge in [-0.05, 0) is 56.7 Å². The van der Waals surface area contributed by atoms with Crippen molar-refractivity contribution in [1.82, 2.24) is 4.90 Å². The Balaban J connectivity index is 1.84. The number of benzene rings is 1. The summed E-state index contributed by atoms with van der Waals surface area (Å²) in [7, 11) is 0. The van der Waals surface area contributed by atoms with Crippen molar-refractivity contribution in [2.75, 3.05) is 6.54 Å². The maximum Gasteiger partial charge on any atom is 0.115 e. The van der Waals surface area contributed by atoms with Crippen LogP contribution in [-0.4, -0.2) is 28.6 Å². The fourth-order valence-electron chi connectivity index (χ4n) is 3.15. The van der Waals surface area contributed by atoms with E-state index < -0.39 is 0 Å². The molecule has 1 N–H and O–H groups in total. The number of likely N-dealkylation sites (tertiary alicyclic amines) is 1. The Labute approximate surface area is 111 Å². The Morgan fingerprint density at radius 3 is 2.50 bits per heavy atom. The summed E-state index contributed by atoms with van der Waals surface area (Å²) in [5.41, 5.74) is 1.32. The summed E-state index contributed by atoms with van der Waals surface area (Å²) < 4.78 is 0. The van der Waals surface area contributed by atoms with Crippen LogP contribution in [-0.2, 0) is 6.42 Å². The largest absolute Gasteiger partial charge is 0.508 e. The number of nitrogens with zero attached hydrogens (tertiary/aromatic N) is 1. The lowest BCUT2D eigenvalue weighted by Crippen LogP contribution is -2.36. The van der Waals surface area contributed by atoms with Crippen LogP contribution in [0.15, 0.2) is 24.3 Å². The SMILES string of the molecule is CC1CC(C)N(C(C)CCc2ccc(O)cc2)C1. The van der Waals surface area contributed by atoms with Gasteiger partial charge in [0, 0.05) is 18.6 Å². The minimum Gasteiger partial charge on any atom is -0.508 e. The molecule has 0 amide bonds. The Bertz CT molecular complexity index is 373. The molecule has 1 fully saturated rings. The van der Waals surface area contributed by atoms with Gasteiger partial charge < -0.3 is 5.11 Å². The van der Waals surface area contributed by atoms with Crippen molar-refractivity contribution in [1.29, 1.82) is 0 Å². The molecule has 2 rings (SSSR count). The fourth-order valence-corrected chi connectivity index (χ4v) is 3.15. The second-order valence-corrected chi connectivity index (χ2v) is 5.94. The van der Waals surface area contributed by atoms with Crippen LogP contribution < -0.4 is 0 Å². The van der Waals surface area contributed by atoms with E-state index in [1.165, 1.54) is 24.9 Å². The lowest BCUT2D eigenvalue weighted by molar-refractivity contribution is 0.190. The second kappa shape index (κ2) is 5.75. The molecule has 0 aromatic heterocycles. The highest BCUT2D eigenvalue weighted by Crippen LogP contribution is 2.26. The molecule has 1 aromatic rings. The molecule has 18 heavy (non-hydrogen) atoms. The van der Waals surface area contributed by atoms with E-state index in [0.717, 1.165) is 18.4 Å². The molecule has 1 heterocycles. The summed E-state index contributed by atoms with van der Waals surface area (Å²) >= 11 is 0. The van der Waals surface area contributed by atoms with E-state index in [-0.39, 0.29) is 0 Å². The van der Waals surface area contributed by atoms with Crippen LogP contribution in [0.5, 0.6) is 5.75 Å². The fraction of sp³-hybridized carbons (Fsp3) is 0.625. The van der Waals surface area contributed by atoms with E-state index >= 15 is 0 Å². The summed E-state index contributed by atoms with van der Waals surface area (Å²) in [6.07, 6.45) is 3.63. The molecule has 1 aliphatic heterocycles. The van der Waals surface area contributed by atoms with Crippen LogP contribution in [0.2, 0.25) is 0 Å². The number of aromatic hydroxyl groups is 1. The van der Waals surface area contributed by atoms with Crippen LogP contribution >= 0.6 is 0 Å². The van der Waals surface area contributed by atoms with E-state index in [4.69, 9.17) is 0 Å². The number of aryl methyl sites for hydroxylation is 1. The smallest absolute Gasteiger partial charge is 0.115 e. The Kier molecular flexibility index (Phi) is 4.28. The van der Waals surface area contributed by atoms with Gasteiger partial charge in [-0.25, -0.2) is 0 Å². The zero-order valence-corrected chi connectivity index (χ0v) is 11.8. The van der Waals surface area contributed by atoms with E-state index in [0.29, 0.717) is 11.8 Å². The molecule has 0 saturated carbocycles. The third kappa shape index (κ3) is 3.26. The normalized spacial score (nSPS) is 26.4. The van der Waals surface area contributed by atoms with E-state index in [9.17, 15) is 5.11 Å². The summed E-state index contributed by atoms with van der Waals surface area (Å²) in [5.74, 6) is 1.20. The summed E-state index contributed by atoms with van der Waals surface area (Å²) in [6.45, 7) is 8.29. The van der Waals surface area contributed by atoms with Crippen molar-refractivity contribution >= 4 is 0 Å². The van der Waals surface area contributed by atoms with Gasteiger partial charge in [0.05, 0.1) is 0 Å². The molecule has 1 aromatic carbocycles. The summed E-state index contributed by atoms with van der Waals surface area (Å²) in [4.78, 5) is 2.64. The molecule has 3 unspecified atom stereocenters. The molecular formula is C16H25NO. The van der Waals surface area contributed by atoms with Gasteiger partial charge in [-0.3, -0.25) is 4.90 Å². The maximum atomic E-state index is 9.26. The van der Waals surface area contributed by atoms with Gasteiger partial charge in [0.15, 0.2) is 0 Å². The van der Waals surface area contributed by atoms with E-state index in [2.05, 4.69) is 25.7 Å². The minimum absolute atomic E-state index is 0.355. The first-order chi connectivity index (χ1) is 8.56. The quantitative estimate of drug-likeness (QED) is 0.881. The molecule has 0 aliphatic carbocycles. The van der Waals surface area contributed by atoms with Crippen molar-refractivity contribution in [3.8, 4) is 5.75 Å². The van der Waals surface area contributed by atoms with E-state index in [1.54, 1.807) is 12.1 Å². The third-order valence-corrected chi connectivity index (χ3v) is 4.19. The third-order valence-electron chi connectivity index (χ3n) is 4.19. The highest BCUT2D eigenvalue weighted by atomic mass is 16.3. The van der Waals surface area contributed by atoms with Gasteiger partial charge in [0.2, 0.25) is 0 Å². The molecule has 1 saturated heterocycles. The van der Waals surface area contributed by atoms with Crippen LogP contribution in [0.1, 0.15) is 39.2 Å². The molecule has 0 spiro atoms. The molecule has 100 valence electrons. The molecule has 3 atom stereocenters. The molecule has 2 nitrogen and oxygen atoms in total. The topological polar surface area (TPSA) is 23.5 Å². The zero-order valence-electron chi connectivity index (χ0n) is 11.8. The highest BCUT2D eigenvalue weighted by molar-refractivity contribution is 5.25. The summed E-state index contributed by atoms with van der Waals surface area (Å²) in [5, 5.41) is 9.26. The van der Waals surface area contributed by atoms with Crippen molar-refractivity contribution in [2.24, 2.45) is 5.92 Å². The maximum absolute atomic E-state index is 9.26. The number of rotatable bonds is 4. The number of hydrogen-bond acceptors (Lipinski definition) is 2. The highest BCUT2D eigenvalue weighted by Gasteiger charge is 2.29. The van der Waals surface area contributed by atoms with Gasteiger partial charge in [0.1, 0.15) is 5.75 Å². The number of phenolic OH excluding ortho intramolecular Hbond substituents is 1. The standard InChI is InChI=1S/C16H25NO/c1-12-10-14(3)17(11-12)13(2)4-5-15-6-8-16(18)9-7-15/h6-9,12-14,18H,4-5,10-11H2,1-3H3. The van der Waals surface area contributed by atoms with Crippen molar-refractivity contribution in [3.05, 3.63) is 29.8 Å². The number of hydrogen-bond donors (Lipinski definition) is 1. The van der Waals surface area contributed by atoms with Crippen LogP contribution in [0, 0.1) is 5.92 Å². The zero-order chi connectivity index (χ0) is 13.1. The molecule has 1 aliphatic rings. The lowest BCUT2D eigenvalue weighted by Gasteiger charge is -2.28. The average Bonchev–Trinajstić information content (AvgIpc) is 2.67. The van der Waals surface area contributed by atoms with Gasteiger partial charge in [0.25, 0.3) is 0 Å². The summed E-state index contributed by atoms with van der Waals surface area (Å²) in [6, 6.07) is 8.99. The first-order valence-electron chi connectivity index (χ1n) is 7.10. The molecule has 2 heteroatoms. The van der Waals surface area contributed by atoms with Crippen molar-refractivity contribution < 1.29 is 5.11 Å².